The highest BCUT2D eigenvalue weighted by atomic mass is 35.5. The number of urea groups is 1. The molecule has 3 N–H and O–H groups in total. The molecule has 0 aliphatic carbocycles. The van der Waals surface area contributed by atoms with Gasteiger partial charge in [0, 0.05) is 18.0 Å². The molecule has 2 heterocycles. The summed E-state index contributed by atoms with van der Waals surface area (Å²) in [5.41, 5.74) is -0.920. The van der Waals surface area contributed by atoms with Crippen LogP contribution in [0.4, 0.5) is 19.9 Å². The molecule has 0 atom stereocenters. The number of anilines is 2. The van der Waals surface area contributed by atoms with E-state index in [0.29, 0.717) is 18.1 Å². The Labute approximate surface area is 205 Å². The molecule has 0 radical (unpaired) electrons. The quantitative estimate of drug-likeness (QED) is 0.473. The largest absolute Gasteiger partial charge is 0.352 e. The van der Waals surface area contributed by atoms with Gasteiger partial charge in [-0.05, 0) is 37.5 Å². The van der Waals surface area contributed by atoms with E-state index < -0.39 is 17.4 Å². The van der Waals surface area contributed by atoms with Crippen LogP contribution in [0.2, 0.25) is 10.0 Å². The summed E-state index contributed by atoms with van der Waals surface area (Å²) < 4.78 is 13.6. The second-order valence-electron chi connectivity index (χ2n) is 9.18. The minimum Gasteiger partial charge on any atom is -0.352 e. The average Bonchev–Trinajstić information content (AvgIpc) is 3.14. The van der Waals surface area contributed by atoms with Gasteiger partial charge >= 0.3 is 6.03 Å². The molecule has 1 aliphatic rings. The summed E-state index contributed by atoms with van der Waals surface area (Å²) in [5, 5.41) is 7.88. The fraction of sp³-hybridized carbons (Fsp3) is 0.409. The smallest absolute Gasteiger partial charge is 0.324 e. The van der Waals surface area contributed by atoms with Gasteiger partial charge in [0.1, 0.15) is 16.4 Å². The molecule has 2 aromatic rings. The van der Waals surface area contributed by atoms with Gasteiger partial charge in [0.15, 0.2) is 0 Å². The molecule has 0 saturated carbocycles. The molecule has 11 heteroatoms. The Bertz CT molecular complexity index is 1130. The van der Waals surface area contributed by atoms with Crippen LogP contribution in [0, 0.1) is 5.82 Å². The predicted octanol–water partition coefficient (Wildman–Crippen LogP) is 5.49. The molecule has 4 amide bonds. The summed E-state index contributed by atoms with van der Waals surface area (Å²) in [6.45, 7) is 10.0. The zero-order valence-electron chi connectivity index (χ0n) is 18.9. The van der Waals surface area contributed by atoms with Gasteiger partial charge in [-0.3, -0.25) is 14.9 Å². The van der Waals surface area contributed by atoms with Gasteiger partial charge < -0.3 is 15.5 Å². The van der Waals surface area contributed by atoms with Gasteiger partial charge in [0.25, 0.3) is 5.91 Å². The van der Waals surface area contributed by atoms with Crippen LogP contribution in [0.1, 0.15) is 49.9 Å². The van der Waals surface area contributed by atoms with Crippen molar-refractivity contribution >= 4 is 63.1 Å². The molecule has 1 fully saturated rings. The van der Waals surface area contributed by atoms with Gasteiger partial charge in [0.05, 0.1) is 21.3 Å². The molecule has 7 nitrogen and oxygen atoms in total. The number of carbonyl (C=O) groups excluding carboxylic acids is 3. The molecule has 0 spiro atoms. The maximum Gasteiger partial charge on any atom is 0.324 e. The molecule has 0 bridgehead atoms. The number of amides is 4. The lowest BCUT2D eigenvalue weighted by molar-refractivity contribution is -0.133. The molecule has 1 aromatic heterocycles. The number of halogens is 3. The zero-order valence-corrected chi connectivity index (χ0v) is 21.2. The first kappa shape index (κ1) is 25.3. The van der Waals surface area contributed by atoms with Crippen molar-refractivity contribution in [1.82, 2.24) is 10.2 Å². The van der Waals surface area contributed by atoms with E-state index in [1.807, 2.05) is 20.8 Å². The second-order valence-corrected chi connectivity index (χ2v) is 11.0. The van der Waals surface area contributed by atoms with Crippen LogP contribution in [-0.2, 0) is 10.2 Å². The SMILES string of the molecule is CC(C)(C)c1cc(C(=O)N2CCNC(=O)C2(C)C)c(NC(=O)Nc2ccc(F)c(Cl)c2Cl)s1. The third kappa shape index (κ3) is 5.10. The summed E-state index contributed by atoms with van der Waals surface area (Å²) in [4.78, 5) is 40.9. The standard InChI is InChI=1S/C22H25Cl2FN4O3S/c1-21(2,3)14-10-11(18(30)29-9-8-26-19(31)22(29,4)5)17(33-14)28-20(32)27-13-7-6-12(25)15(23)16(13)24/h6-7,10H,8-9H2,1-5H3,(H,26,31)(H2,27,28,32). The van der Waals surface area contributed by atoms with Gasteiger partial charge in [-0.2, -0.15) is 0 Å². The maximum absolute atomic E-state index is 13.6. The maximum atomic E-state index is 13.6. The Balaban J connectivity index is 1.92. The third-order valence-corrected chi connectivity index (χ3v) is 7.64. The first-order chi connectivity index (χ1) is 15.2. The van der Waals surface area contributed by atoms with Crippen molar-refractivity contribution in [3.05, 3.63) is 44.5 Å². The van der Waals surface area contributed by atoms with Crippen molar-refractivity contribution in [2.24, 2.45) is 0 Å². The minimum absolute atomic E-state index is 0.120. The summed E-state index contributed by atoms with van der Waals surface area (Å²) >= 11 is 13.1. The molecule has 1 aromatic carbocycles. The second kappa shape index (κ2) is 9.12. The monoisotopic (exact) mass is 514 g/mol. The molecule has 178 valence electrons. The first-order valence-electron chi connectivity index (χ1n) is 10.2. The van der Waals surface area contributed by atoms with E-state index in [0.717, 1.165) is 10.9 Å². The Morgan fingerprint density at radius 3 is 2.48 bits per heavy atom. The minimum atomic E-state index is -1.04. The van der Waals surface area contributed by atoms with Crippen molar-refractivity contribution < 1.29 is 18.8 Å². The lowest BCUT2D eigenvalue weighted by atomic mass is 9.93. The normalized spacial score (nSPS) is 15.8. The van der Waals surface area contributed by atoms with Gasteiger partial charge in [0.2, 0.25) is 5.91 Å². The zero-order chi connectivity index (χ0) is 24.7. The summed E-state index contributed by atoms with van der Waals surface area (Å²) in [5.74, 6) is -1.31. The topological polar surface area (TPSA) is 90.5 Å². The summed E-state index contributed by atoms with van der Waals surface area (Å²) in [6.07, 6.45) is 0. The lowest BCUT2D eigenvalue weighted by Crippen LogP contribution is -2.63. The Hall–Kier alpha value is -2.36. The van der Waals surface area contributed by atoms with E-state index >= 15 is 0 Å². The van der Waals surface area contributed by atoms with E-state index in [9.17, 15) is 18.8 Å². The van der Waals surface area contributed by atoms with E-state index in [2.05, 4.69) is 16.0 Å². The fourth-order valence-corrected chi connectivity index (χ4v) is 4.76. The predicted molar refractivity (Wildman–Crippen MR) is 130 cm³/mol. The highest BCUT2D eigenvalue weighted by molar-refractivity contribution is 7.16. The molecule has 33 heavy (non-hydrogen) atoms. The number of benzene rings is 1. The average molecular weight is 515 g/mol. The number of thiophene rings is 1. The van der Waals surface area contributed by atoms with Crippen molar-refractivity contribution in [2.45, 2.75) is 45.6 Å². The number of hydrogen-bond acceptors (Lipinski definition) is 4. The van der Waals surface area contributed by atoms with Crippen LogP contribution in [-0.4, -0.2) is 41.4 Å². The Morgan fingerprint density at radius 2 is 1.85 bits per heavy atom. The van der Waals surface area contributed by atoms with Gasteiger partial charge in [-0.15, -0.1) is 11.3 Å². The number of carbonyl (C=O) groups is 3. The van der Waals surface area contributed by atoms with Crippen molar-refractivity contribution in [1.29, 1.82) is 0 Å². The lowest BCUT2D eigenvalue weighted by Gasteiger charge is -2.41. The van der Waals surface area contributed by atoms with Crippen LogP contribution < -0.4 is 16.0 Å². The van der Waals surface area contributed by atoms with E-state index in [4.69, 9.17) is 23.2 Å². The van der Waals surface area contributed by atoms with E-state index in [1.54, 1.807) is 19.9 Å². The van der Waals surface area contributed by atoms with Crippen LogP contribution in [0.3, 0.4) is 0 Å². The Kier molecular flexibility index (Phi) is 6.98. The molecular formula is C22H25Cl2FN4O3S. The van der Waals surface area contributed by atoms with E-state index in [-0.39, 0.29) is 38.5 Å². The highest BCUT2D eigenvalue weighted by Crippen LogP contribution is 2.38. The van der Waals surface area contributed by atoms with Gasteiger partial charge in [-0.25, -0.2) is 9.18 Å². The Morgan fingerprint density at radius 1 is 1.18 bits per heavy atom. The molecular weight excluding hydrogens is 490 g/mol. The van der Waals surface area contributed by atoms with Crippen LogP contribution in [0.15, 0.2) is 18.2 Å². The number of hydrogen-bond donors (Lipinski definition) is 3. The summed E-state index contributed by atoms with van der Waals surface area (Å²) in [7, 11) is 0. The fourth-order valence-electron chi connectivity index (χ4n) is 3.29. The number of rotatable bonds is 3. The molecule has 0 unspecified atom stereocenters. The number of piperazine rings is 1. The first-order valence-corrected chi connectivity index (χ1v) is 11.8. The van der Waals surface area contributed by atoms with Crippen molar-refractivity contribution in [3.63, 3.8) is 0 Å². The third-order valence-electron chi connectivity index (χ3n) is 5.31. The van der Waals surface area contributed by atoms with Crippen molar-refractivity contribution in [3.8, 4) is 0 Å². The number of nitrogens with zero attached hydrogens (tertiary/aromatic N) is 1. The number of nitrogens with one attached hydrogen (secondary N) is 3. The van der Waals surface area contributed by atoms with E-state index in [1.165, 1.54) is 22.3 Å². The summed E-state index contributed by atoms with van der Waals surface area (Å²) in [6, 6.07) is 3.45. The van der Waals surface area contributed by atoms with Crippen molar-refractivity contribution in [2.75, 3.05) is 23.7 Å². The van der Waals surface area contributed by atoms with Crippen LogP contribution >= 0.6 is 34.5 Å². The molecule has 3 rings (SSSR count). The van der Waals surface area contributed by atoms with Crippen LogP contribution in [0.25, 0.3) is 0 Å². The van der Waals surface area contributed by atoms with Gasteiger partial charge in [-0.1, -0.05) is 44.0 Å². The molecule has 1 aliphatic heterocycles. The highest BCUT2D eigenvalue weighted by Gasteiger charge is 2.42. The molecule has 1 saturated heterocycles. The van der Waals surface area contributed by atoms with Crippen LogP contribution in [0.5, 0.6) is 0 Å².